The predicted octanol–water partition coefficient (Wildman–Crippen LogP) is 3.99. The normalized spacial score (nSPS) is 21.9. The molecule has 0 radical (unpaired) electrons. The molecule has 2 amide bonds. The zero-order valence-electron chi connectivity index (χ0n) is 16.5. The molecule has 0 fully saturated rings. The van der Waals surface area contributed by atoms with Gasteiger partial charge in [0.1, 0.15) is 11.3 Å². The van der Waals surface area contributed by atoms with Crippen LogP contribution in [0.1, 0.15) is 36.9 Å². The van der Waals surface area contributed by atoms with Crippen molar-refractivity contribution in [2.24, 2.45) is 4.99 Å². The van der Waals surface area contributed by atoms with Gasteiger partial charge in [0, 0.05) is 17.1 Å². The summed E-state index contributed by atoms with van der Waals surface area (Å²) in [6.07, 6.45) is -0.0522. The van der Waals surface area contributed by atoms with Crippen LogP contribution in [-0.4, -0.2) is 24.4 Å². The summed E-state index contributed by atoms with van der Waals surface area (Å²) in [6.45, 7) is 1.86. The van der Waals surface area contributed by atoms with Crippen LogP contribution < -0.4 is 16.2 Å². The number of hydrogen-bond donors (Lipinski definition) is 3. The van der Waals surface area contributed by atoms with Gasteiger partial charge in [-0.3, -0.25) is 15.2 Å². The molecule has 2 aliphatic heterocycles. The average molecular weight is 449 g/mol. The Morgan fingerprint density at radius 2 is 2.10 bits per heavy atom. The fourth-order valence-electron chi connectivity index (χ4n) is 4.09. The Balaban J connectivity index is 1.78. The second-order valence-electron chi connectivity index (χ2n) is 7.24. The monoisotopic (exact) mass is 448 g/mol. The zero-order chi connectivity index (χ0) is 22.2. The lowest BCUT2D eigenvalue weighted by molar-refractivity contribution is -0.122. The van der Waals surface area contributed by atoms with Gasteiger partial charge < -0.3 is 10.1 Å². The number of benzene rings is 2. The van der Waals surface area contributed by atoms with Gasteiger partial charge in [0.2, 0.25) is 5.91 Å². The molecule has 2 heterocycles. The van der Waals surface area contributed by atoms with Crippen molar-refractivity contribution in [1.82, 2.24) is 10.9 Å². The van der Waals surface area contributed by atoms with Crippen LogP contribution in [0.15, 0.2) is 41.4 Å². The number of amides is 2. The lowest BCUT2D eigenvalue weighted by Gasteiger charge is -2.38. The van der Waals surface area contributed by atoms with Crippen LogP contribution in [0.3, 0.4) is 0 Å². The van der Waals surface area contributed by atoms with E-state index in [1.54, 1.807) is 25.1 Å². The van der Waals surface area contributed by atoms with Crippen LogP contribution in [0.5, 0.6) is 0 Å². The fourth-order valence-corrected chi connectivity index (χ4v) is 4.27. The highest BCUT2D eigenvalue weighted by atomic mass is 35.5. The van der Waals surface area contributed by atoms with Crippen LogP contribution in [0.2, 0.25) is 5.02 Å². The molecule has 2 aromatic rings. The maximum Gasteiger partial charge on any atom is 0.425 e. The SMILES string of the molecule is CCOC(=O)NNC1=NC(c2ccc(F)c(F)c2)[C@]2(CC1)C(=O)Nc1cc(Cl)ccc12. The topological polar surface area (TPSA) is 91.8 Å². The average Bonchev–Trinajstić information content (AvgIpc) is 3.00. The van der Waals surface area contributed by atoms with E-state index in [2.05, 4.69) is 21.2 Å². The number of hydrogen-bond acceptors (Lipinski definition) is 5. The van der Waals surface area contributed by atoms with Crippen LogP contribution in [0, 0.1) is 11.6 Å². The lowest BCUT2D eigenvalue weighted by atomic mass is 9.68. The number of amidine groups is 1. The third kappa shape index (κ3) is 3.69. The molecular formula is C21H19ClF2N4O3. The first-order valence-electron chi connectivity index (χ1n) is 9.67. The molecule has 0 aliphatic carbocycles. The Kier molecular flexibility index (Phi) is 5.53. The second-order valence-corrected chi connectivity index (χ2v) is 7.67. The molecular weight excluding hydrogens is 430 g/mol. The van der Waals surface area contributed by atoms with Crippen molar-refractivity contribution in [1.29, 1.82) is 0 Å². The summed E-state index contributed by atoms with van der Waals surface area (Å²) < 4.78 is 32.4. The van der Waals surface area contributed by atoms with Crippen molar-refractivity contribution in [2.45, 2.75) is 31.2 Å². The van der Waals surface area contributed by atoms with Crippen LogP contribution >= 0.6 is 11.6 Å². The van der Waals surface area contributed by atoms with E-state index in [0.29, 0.717) is 40.5 Å². The van der Waals surface area contributed by atoms with Crippen molar-refractivity contribution in [3.05, 3.63) is 64.2 Å². The maximum atomic E-state index is 14.1. The molecule has 2 aromatic carbocycles. The van der Waals surface area contributed by atoms with Gasteiger partial charge >= 0.3 is 6.09 Å². The fraction of sp³-hybridized carbons (Fsp3) is 0.286. The molecule has 4 rings (SSSR count). The van der Waals surface area contributed by atoms with E-state index < -0.39 is 29.2 Å². The molecule has 7 nitrogen and oxygen atoms in total. The molecule has 3 N–H and O–H groups in total. The Morgan fingerprint density at radius 3 is 2.84 bits per heavy atom. The molecule has 1 spiro atoms. The van der Waals surface area contributed by atoms with E-state index in [9.17, 15) is 18.4 Å². The van der Waals surface area contributed by atoms with Crippen molar-refractivity contribution < 1.29 is 23.1 Å². The molecule has 1 unspecified atom stereocenters. The van der Waals surface area contributed by atoms with E-state index in [0.717, 1.165) is 12.1 Å². The highest BCUT2D eigenvalue weighted by Gasteiger charge is 2.54. The van der Waals surface area contributed by atoms with Crippen molar-refractivity contribution in [3.8, 4) is 0 Å². The minimum Gasteiger partial charge on any atom is -0.449 e. The minimum absolute atomic E-state index is 0.195. The van der Waals surface area contributed by atoms with Crippen LogP contribution in [0.4, 0.5) is 19.3 Å². The van der Waals surface area contributed by atoms with Crippen LogP contribution in [-0.2, 0) is 14.9 Å². The first-order chi connectivity index (χ1) is 14.8. The Labute approximate surface area is 181 Å². The number of rotatable bonds is 2. The first kappa shape index (κ1) is 21.0. The number of carbonyl (C=O) groups excluding carboxylic acids is 2. The number of hydrazine groups is 1. The summed E-state index contributed by atoms with van der Waals surface area (Å²) in [5.41, 5.74) is 5.48. The molecule has 0 aromatic heterocycles. The molecule has 162 valence electrons. The van der Waals surface area contributed by atoms with Gasteiger partial charge in [-0.25, -0.2) is 19.0 Å². The van der Waals surface area contributed by atoms with E-state index >= 15 is 0 Å². The number of halogens is 3. The third-order valence-electron chi connectivity index (χ3n) is 5.47. The number of nitrogens with one attached hydrogen (secondary N) is 3. The number of carbonyl (C=O) groups is 2. The standard InChI is InChI=1S/C21H19ClF2N4O3/c1-2-31-20(30)28-27-17-7-8-21(13-5-4-12(22)10-16(13)25-19(21)29)18(26-17)11-3-6-14(23)15(24)9-11/h3-6,9-10,18H,2,7-8H2,1H3,(H,25,29)(H,26,27)(H,28,30)/t18?,21-/m1/s1. The lowest BCUT2D eigenvalue weighted by Crippen LogP contribution is -2.48. The Morgan fingerprint density at radius 1 is 1.29 bits per heavy atom. The molecule has 0 saturated carbocycles. The predicted molar refractivity (Wildman–Crippen MR) is 111 cm³/mol. The molecule has 31 heavy (non-hydrogen) atoms. The van der Waals surface area contributed by atoms with Gasteiger partial charge in [-0.05, 0) is 48.7 Å². The molecule has 0 bridgehead atoms. The number of nitrogens with zero attached hydrogens (tertiary/aromatic N) is 1. The van der Waals surface area contributed by atoms with Gasteiger partial charge in [0.15, 0.2) is 11.6 Å². The number of aliphatic imine (C=N–C) groups is 1. The van der Waals surface area contributed by atoms with E-state index in [4.69, 9.17) is 16.3 Å². The summed E-state index contributed by atoms with van der Waals surface area (Å²) in [5.74, 6) is -1.96. The number of fused-ring (bicyclic) bond motifs is 2. The van der Waals surface area contributed by atoms with Gasteiger partial charge in [-0.15, -0.1) is 0 Å². The highest BCUT2D eigenvalue weighted by Crippen LogP contribution is 2.53. The molecule has 2 aliphatic rings. The summed E-state index contributed by atoms with van der Waals surface area (Å²) in [5, 5.41) is 3.29. The number of anilines is 1. The largest absolute Gasteiger partial charge is 0.449 e. The molecule has 10 heteroatoms. The van der Waals surface area contributed by atoms with Crippen LogP contribution in [0.25, 0.3) is 0 Å². The summed E-state index contributed by atoms with van der Waals surface area (Å²) >= 11 is 6.08. The summed E-state index contributed by atoms with van der Waals surface area (Å²) in [6, 6.07) is 7.63. The van der Waals surface area contributed by atoms with Crippen molar-refractivity contribution in [3.63, 3.8) is 0 Å². The smallest absolute Gasteiger partial charge is 0.425 e. The first-order valence-corrected chi connectivity index (χ1v) is 10.0. The summed E-state index contributed by atoms with van der Waals surface area (Å²) in [4.78, 5) is 29.4. The quantitative estimate of drug-likeness (QED) is 0.606. The van der Waals surface area contributed by atoms with E-state index in [1.165, 1.54) is 6.07 Å². The van der Waals surface area contributed by atoms with Crippen molar-refractivity contribution in [2.75, 3.05) is 11.9 Å². The van der Waals surface area contributed by atoms with E-state index in [-0.39, 0.29) is 12.5 Å². The Hall–Kier alpha value is -3.20. The second kappa shape index (κ2) is 8.14. The highest BCUT2D eigenvalue weighted by molar-refractivity contribution is 6.31. The van der Waals surface area contributed by atoms with Gasteiger partial charge in [0.25, 0.3) is 0 Å². The number of ether oxygens (including phenoxy) is 1. The summed E-state index contributed by atoms with van der Waals surface area (Å²) in [7, 11) is 0. The maximum absolute atomic E-state index is 14.1. The third-order valence-corrected chi connectivity index (χ3v) is 5.70. The molecule has 2 atom stereocenters. The minimum atomic E-state index is -1.14. The van der Waals surface area contributed by atoms with Gasteiger partial charge in [0.05, 0.1) is 12.6 Å². The Bertz CT molecular complexity index is 1090. The van der Waals surface area contributed by atoms with Gasteiger partial charge in [-0.1, -0.05) is 23.7 Å². The van der Waals surface area contributed by atoms with Gasteiger partial charge in [-0.2, -0.15) is 0 Å². The van der Waals surface area contributed by atoms with Crippen molar-refractivity contribution >= 4 is 35.1 Å². The van der Waals surface area contributed by atoms with E-state index in [1.807, 2.05) is 0 Å². The zero-order valence-corrected chi connectivity index (χ0v) is 17.2. The molecule has 0 saturated heterocycles.